The average Bonchev–Trinajstić information content (AvgIpc) is 2.53. The lowest BCUT2D eigenvalue weighted by molar-refractivity contribution is 0.393. The molecule has 0 saturated carbocycles. The van der Waals surface area contributed by atoms with Crippen molar-refractivity contribution in [3.63, 3.8) is 0 Å². The van der Waals surface area contributed by atoms with E-state index in [4.69, 9.17) is 22.1 Å². The van der Waals surface area contributed by atoms with Gasteiger partial charge in [0.2, 0.25) is 0 Å². The Morgan fingerprint density at radius 2 is 2.24 bits per heavy atom. The summed E-state index contributed by atoms with van der Waals surface area (Å²) >= 11 is 6.13. The lowest BCUT2D eigenvalue weighted by Gasteiger charge is -2.30. The lowest BCUT2D eigenvalue weighted by Crippen LogP contribution is -2.25. The highest BCUT2D eigenvalue weighted by molar-refractivity contribution is 6.30. The van der Waals surface area contributed by atoms with Gasteiger partial charge in [-0.15, -0.1) is 0 Å². The van der Waals surface area contributed by atoms with Crippen LogP contribution >= 0.6 is 11.6 Å². The summed E-state index contributed by atoms with van der Waals surface area (Å²) in [5, 5.41) is 0.679. The van der Waals surface area contributed by atoms with Gasteiger partial charge in [0.25, 0.3) is 0 Å². The van der Waals surface area contributed by atoms with Crippen molar-refractivity contribution in [2.24, 2.45) is 5.73 Å². The third-order valence-electron chi connectivity index (χ3n) is 4.22. The van der Waals surface area contributed by atoms with Crippen molar-refractivity contribution < 1.29 is 4.74 Å². The third kappa shape index (κ3) is 2.76. The first-order chi connectivity index (χ1) is 10.2. The van der Waals surface area contributed by atoms with E-state index >= 15 is 0 Å². The molecule has 3 rings (SSSR count). The van der Waals surface area contributed by atoms with Gasteiger partial charge in [0, 0.05) is 34.4 Å². The number of aromatic nitrogens is 1. The maximum absolute atomic E-state index is 6.55. The fourth-order valence-corrected chi connectivity index (χ4v) is 3.36. The summed E-state index contributed by atoms with van der Waals surface area (Å²) in [6.45, 7) is 0. The van der Waals surface area contributed by atoms with E-state index < -0.39 is 0 Å². The summed E-state index contributed by atoms with van der Waals surface area (Å²) < 4.78 is 5.44. The molecule has 0 fully saturated rings. The quantitative estimate of drug-likeness (QED) is 0.936. The molecular formula is C17H19ClN2O. The van der Waals surface area contributed by atoms with Gasteiger partial charge in [0.15, 0.2) is 0 Å². The number of methoxy groups -OCH3 is 1. The van der Waals surface area contributed by atoms with Crippen LogP contribution in [0.25, 0.3) is 0 Å². The average molecular weight is 303 g/mol. The minimum atomic E-state index is -0.160. The molecule has 1 heterocycles. The molecule has 2 aromatic rings. The molecule has 21 heavy (non-hydrogen) atoms. The van der Waals surface area contributed by atoms with E-state index in [9.17, 15) is 0 Å². The summed E-state index contributed by atoms with van der Waals surface area (Å²) in [7, 11) is 1.66. The normalized spacial score (nSPS) is 18.9. The Balaban J connectivity index is 2.00. The fraction of sp³-hybridized carbons (Fsp3) is 0.353. The van der Waals surface area contributed by atoms with E-state index in [-0.39, 0.29) is 12.0 Å². The first-order valence-corrected chi connectivity index (χ1v) is 7.61. The highest BCUT2D eigenvalue weighted by atomic mass is 35.5. The van der Waals surface area contributed by atoms with Gasteiger partial charge < -0.3 is 10.5 Å². The molecule has 0 amide bonds. The van der Waals surface area contributed by atoms with Crippen LogP contribution < -0.4 is 10.5 Å². The number of ether oxygens (including phenoxy) is 1. The SMILES string of the molecule is COc1ccc(Cl)cc1C(N)C1CCCc2cccnc21. The first-order valence-electron chi connectivity index (χ1n) is 7.23. The van der Waals surface area contributed by atoms with Gasteiger partial charge in [0.1, 0.15) is 5.75 Å². The Kier molecular flexibility index (Phi) is 4.13. The maximum Gasteiger partial charge on any atom is 0.123 e. The second-order valence-electron chi connectivity index (χ2n) is 5.46. The number of nitrogens with two attached hydrogens (primary N) is 1. The maximum atomic E-state index is 6.55. The summed E-state index contributed by atoms with van der Waals surface area (Å²) in [4.78, 5) is 4.57. The molecule has 3 nitrogen and oxygen atoms in total. The monoisotopic (exact) mass is 302 g/mol. The van der Waals surface area contributed by atoms with Crippen molar-refractivity contribution in [2.45, 2.75) is 31.2 Å². The molecule has 2 atom stereocenters. The van der Waals surface area contributed by atoms with Gasteiger partial charge in [-0.05, 0) is 49.1 Å². The zero-order chi connectivity index (χ0) is 14.8. The van der Waals surface area contributed by atoms with Crippen LogP contribution in [0.2, 0.25) is 5.02 Å². The van der Waals surface area contributed by atoms with Crippen LogP contribution in [0.15, 0.2) is 36.5 Å². The smallest absolute Gasteiger partial charge is 0.123 e. The largest absolute Gasteiger partial charge is 0.496 e. The van der Waals surface area contributed by atoms with Crippen LogP contribution in [0.5, 0.6) is 5.75 Å². The topological polar surface area (TPSA) is 48.1 Å². The predicted octanol–water partition coefficient (Wildman–Crippen LogP) is 3.86. The van der Waals surface area contributed by atoms with Crippen molar-refractivity contribution in [3.05, 3.63) is 58.4 Å². The minimum absolute atomic E-state index is 0.160. The minimum Gasteiger partial charge on any atom is -0.496 e. The molecule has 110 valence electrons. The number of aryl methyl sites for hydroxylation is 1. The molecule has 2 unspecified atom stereocenters. The van der Waals surface area contributed by atoms with E-state index in [0.717, 1.165) is 36.3 Å². The predicted molar refractivity (Wildman–Crippen MR) is 84.8 cm³/mol. The molecule has 0 saturated heterocycles. The second-order valence-corrected chi connectivity index (χ2v) is 5.89. The van der Waals surface area contributed by atoms with Gasteiger partial charge in [-0.25, -0.2) is 0 Å². The molecule has 0 bridgehead atoms. The molecular weight excluding hydrogens is 284 g/mol. The number of rotatable bonds is 3. The fourth-order valence-electron chi connectivity index (χ4n) is 3.18. The number of benzene rings is 1. The Morgan fingerprint density at radius 1 is 1.38 bits per heavy atom. The van der Waals surface area contributed by atoms with Crippen LogP contribution in [-0.4, -0.2) is 12.1 Å². The second kappa shape index (κ2) is 6.04. The Morgan fingerprint density at radius 3 is 3.05 bits per heavy atom. The number of nitrogens with zero attached hydrogens (tertiary/aromatic N) is 1. The van der Waals surface area contributed by atoms with Gasteiger partial charge in [0.05, 0.1) is 7.11 Å². The van der Waals surface area contributed by atoms with Gasteiger partial charge in [-0.1, -0.05) is 17.7 Å². The summed E-state index contributed by atoms with van der Waals surface area (Å²) in [5.41, 5.74) is 9.94. The Hall–Kier alpha value is -1.58. The molecule has 1 aliphatic rings. The van der Waals surface area contributed by atoms with Crippen LogP contribution in [0, 0.1) is 0 Å². The summed E-state index contributed by atoms with van der Waals surface area (Å²) in [6, 6.07) is 9.59. The highest BCUT2D eigenvalue weighted by Gasteiger charge is 2.29. The van der Waals surface area contributed by atoms with E-state index in [1.165, 1.54) is 5.56 Å². The number of hydrogen-bond acceptors (Lipinski definition) is 3. The van der Waals surface area contributed by atoms with E-state index in [1.54, 1.807) is 7.11 Å². The molecule has 0 spiro atoms. The highest BCUT2D eigenvalue weighted by Crippen LogP contribution is 2.41. The molecule has 2 N–H and O–H groups in total. The van der Waals surface area contributed by atoms with Crippen LogP contribution in [0.4, 0.5) is 0 Å². The van der Waals surface area contributed by atoms with Gasteiger partial charge in [-0.2, -0.15) is 0 Å². The first kappa shape index (κ1) is 14.4. The van der Waals surface area contributed by atoms with Gasteiger partial charge in [-0.3, -0.25) is 4.98 Å². The Bertz CT molecular complexity index is 644. The molecule has 4 heteroatoms. The number of pyridine rings is 1. The van der Waals surface area contributed by atoms with Crippen molar-refractivity contribution in [1.82, 2.24) is 4.98 Å². The van der Waals surface area contributed by atoms with Crippen LogP contribution in [0.1, 0.15) is 41.6 Å². The van der Waals surface area contributed by atoms with E-state index in [2.05, 4.69) is 11.1 Å². The van der Waals surface area contributed by atoms with Gasteiger partial charge >= 0.3 is 0 Å². The molecule has 0 radical (unpaired) electrons. The molecule has 0 aliphatic heterocycles. The zero-order valence-corrected chi connectivity index (χ0v) is 12.8. The molecule has 1 aromatic heterocycles. The standard InChI is InChI=1S/C17H19ClN2O/c1-21-15-8-7-12(18)10-14(15)16(19)13-6-2-4-11-5-3-9-20-17(11)13/h3,5,7-10,13,16H,2,4,6,19H2,1H3. The van der Waals surface area contributed by atoms with Crippen molar-refractivity contribution in [1.29, 1.82) is 0 Å². The van der Waals surface area contributed by atoms with Crippen molar-refractivity contribution >= 4 is 11.6 Å². The van der Waals surface area contributed by atoms with E-state index in [1.807, 2.05) is 30.5 Å². The number of fused-ring (bicyclic) bond motifs is 1. The molecule has 1 aromatic carbocycles. The Labute approximate surface area is 130 Å². The number of hydrogen-bond donors (Lipinski definition) is 1. The third-order valence-corrected chi connectivity index (χ3v) is 4.46. The molecule has 1 aliphatic carbocycles. The van der Waals surface area contributed by atoms with Crippen molar-refractivity contribution in [3.8, 4) is 5.75 Å². The lowest BCUT2D eigenvalue weighted by atomic mass is 9.80. The summed E-state index contributed by atoms with van der Waals surface area (Å²) in [6.07, 6.45) is 5.11. The van der Waals surface area contributed by atoms with Crippen molar-refractivity contribution in [2.75, 3.05) is 7.11 Å². The number of halogens is 1. The van der Waals surface area contributed by atoms with Crippen LogP contribution in [0.3, 0.4) is 0 Å². The summed E-state index contributed by atoms with van der Waals surface area (Å²) in [5.74, 6) is 0.997. The zero-order valence-electron chi connectivity index (χ0n) is 12.1. The van der Waals surface area contributed by atoms with Crippen LogP contribution in [-0.2, 0) is 6.42 Å². The van der Waals surface area contributed by atoms with E-state index in [0.29, 0.717) is 5.02 Å².